The molecule has 6 nitrogen and oxygen atoms in total. The van der Waals surface area contributed by atoms with Gasteiger partial charge in [-0.1, -0.05) is 0 Å². The Kier molecular flexibility index (Phi) is 6.95. The number of amides is 2. The maximum Gasteiger partial charge on any atom is 0.319 e. The highest BCUT2D eigenvalue weighted by Gasteiger charge is 2.26. The minimum atomic E-state index is -0.812. The highest BCUT2D eigenvalue weighted by Crippen LogP contribution is 2.16. The monoisotopic (exact) mass is 299 g/mol. The standard InChI is InChI=1S/C15H29N3O3/c1-12(2)18(8-5-6-14(19)20)15(21)17(4)11-13-7-9-16(3)10-13/h12-13H,5-11H2,1-4H3,(H,19,20). The smallest absolute Gasteiger partial charge is 0.319 e. The second kappa shape index (κ2) is 8.22. The van der Waals surface area contributed by atoms with Gasteiger partial charge >= 0.3 is 12.0 Å². The Hall–Kier alpha value is -1.30. The summed E-state index contributed by atoms with van der Waals surface area (Å²) in [5.41, 5.74) is 0. The third-order valence-electron chi connectivity index (χ3n) is 4.01. The second-order valence-electron chi connectivity index (χ2n) is 6.36. The van der Waals surface area contributed by atoms with Crippen LogP contribution in [-0.2, 0) is 4.79 Å². The Morgan fingerprint density at radius 1 is 1.38 bits per heavy atom. The van der Waals surface area contributed by atoms with Crippen LogP contribution in [0.25, 0.3) is 0 Å². The Morgan fingerprint density at radius 2 is 2.05 bits per heavy atom. The fourth-order valence-electron chi connectivity index (χ4n) is 2.84. The maximum absolute atomic E-state index is 12.5. The summed E-state index contributed by atoms with van der Waals surface area (Å²) in [6.45, 7) is 7.34. The van der Waals surface area contributed by atoms with Crippen molar-refractivity contribution < 1.29 is 14.7 Å². The second-order valence-corrected chi connectivity index (χ2v) is 6.36. The maximum atomic E-state index is 12.5. The molecule has 1 aliphatic heterocycles. The summed E-state index contributed by atoms with van der Waals surface area (Å²) in [4.78, 5) is 29.0. The lowest BCUT2D eigenvalue weighted by Gasteiger charge is -2.32. The van der Waals surface area contributed by atoms with E-state index in [1.165, 1.54) is 0 Å². The van der Waals surface area contributed by atoms with Crippen molar-refractivity contribution in [2.24, 2.45) is 5.92 Å². The van der Waals surface area contributed by atoms with Crippen LogP contribution in [0.1, 0.15) is 33.1 Å². The van der Waals surface area contributed by atoms with Crippen LogP contribution in [0, 0.1) is 5.92 Å². The normalized spacial score (nSPS) is 19.0. The van der Waals surface area contributed by atoms with Crippen molar-refractivity contribution in [3.8, 4) is 0 Å². The number of likely N-dealkylation sites (tertiary alicyclic amines) is 1. The topological polar surface area (TPSA) is 64.1 Å². The van der Waals surface area contributed by atoms with Crippen LogP contribution in [0.15, 0.2) is 0 Å². The first-order valence-corrected chi connectivity index (χ1v) is 7.73. The van der Waals surface area contributed by atoms with E-state index < -0.39 is 5.97 Å². The molecule has 0 aromatic carbocycles. The minimum absolute atomic E-state index is 0.00458. The average molecular weight is 299 g/mol. The number of hydrogen-bond donors (Lipinski definition) is 1. The van der Waals surface area contributed by atoms with E-state index in [0.29, 0.717) is 18.9 Å². The SMILES string of the molecule is CC(C)N(CCCC(=O)O)C(=O)N(C)CC1CCN(C)C1. The van der Waals surface area contributed by atoms with E-state index in [1.54, 1.807) is 9.80 Å². The van der Waals surface area contributed by atoms with E-state index in [0.717, 1.165) is 26.1 Å². The van der Waals surface area contributed by atoms with Gasteiger partial charge in [0.2, 0.25) is 0 Å². The van der Waals surface area contributed by atoms with Crippen LogP contribution in [0.5, 0.6) is 0 Å². The lowest BCUT2D eigenvalue weighted by molar-refractivity contribution is -0.137. The van der Waals surface area contributed by atoms with E-state index in [2.05, 4.69) is 11.9 Å². The molecule has 0 aliphatic carbocycles. The van der Waals surface area contributed by atoms with Gasteiger partial charge in [-0.3, -0.25) is 4.79 Å². The molecule has 1 aliphatic rings. The molecule has 0 aromatic rings. The molecule has 1 fully saturated rings. The van der Waals surface area contributed by atoms with Crippen LogP contribution < -0.4 is 0 Å². The molecular weight excluding hydrogens is 270 g/mol. The van der Waals surface area contributed by atoms with Crippen molar-refractivity contribution in [2.75, 3.05) is 40.3 Å². The quantitative estimate of drug-likeness (QED) is 0.775. The van der Waals surface area contributed by atoms with E-state index in [1.807, 2.05) is 20.9 Å². The molecule has 122 valence electrons. The van der Waals surface area contributed by atoms with E-state index in [4.69, 9.17) is 5.11 Å². The van der Waals surface area contributed by atoms with Crippen molar-refractivity contribution >= 4 is 12.0 Å². The number of hydrogen-bond acceptors (Lipinski definition) is 3. The summed E-state index contributed by atoms with van der Waals surface area (Å²) in [6, 6.07) is 0.0879. The van der Waals surface area contributed by atoms with E-state index >= 15 is 0 Å². The predicted octanol–water partition coefficient (Wildman–Crippen LogP) is 1.57. The number of urea groups is 1. The van der Waals surface area contributed by atoms with Gasteiger partial charge in [-0.15, -0.1) is 0 Å². The van der Waals surface area contributed by atoms with Crippen molar-refractivity contribution in [2.45, 2.75) is 39.2 Å². The molecule has 1 unspecified atom stereocenters. The van der Waals surface area contributed by atoms with Gasteiger partial charge in [0.15, 0.2) is 0 Å². The first-order valence-electron chi connectivity index (χ1n) is 7.73. The molecule has 1 heterocycles. The molecule has 21 heavy (non-hydrogen) atoms. The zero-order valence-corrected chi connectivity index (χ0v) is 13.7. The number of carboxylic acids is 1. The van der Waals surface area contributed by atoms with E-state index in [-0.39, 0.29) is 18.5 Å². The Balaban J connectivity index is 2.48. The summed E-state index contributed by atoms with van der Waals surface area (Å²) in [5, 5.41) is 8.71. The Bertz CT molecular complexity index is 360. The van der Waals surface area contributed by atoms with Crippen LogP contribution in [-0.4, -0.2) is 78.1 Å². The number of carbonyl (C=O) groups excluding carboxylic acids is 1. The number of rotatable bonds is 7. The fourth-order valence-corrected chi connectivity index (χ4v) is 2.84. The van der Waals surface area contributed by atoms with Crippen LogP contribution >= 0.6 is 0 Å². The molecule has 0 saturated carbocycles. The molecular formula is C15H29N3O3. The lowest BCUT2D eigenvalue weighted by atomic mass is 10.1. The van der Waals surface area contributed by atoms with Crippen molar-refractivity contribution in [3.63, 3.8) is 0 Å². The van der Waals surface area contributed by atoms with Gasteiger partial charge in [-0.05, 0) is 46.2 Å². The van der Waals surface area contributed by atoms with E-state index in [9.17, 15) is 9.59 Å². The molecule has 2 amide bonds. The predicted molar refractivity (Wildman–Crippen MR) is 82.3 cm³/mol. The number of carboxylic acid groups (broad SMARTS) is 1. The van der Waals surface area contributed by atoms with Gasteiger partial charge in [-0.25, -0.2) is 4.79 Å². The highest BCUT2D eigenvalue weighted by atomic mass is 16.4. The molecule has 1 rings (SSSR count). The lowest BCUT2D eigenvalue weighted by Crippen LogP contribution is -2.46. The summed E-state index contributed by atoms with van der Waals surface area (Å²) in [6.07, 6.45) is 1.74. The number of carbonyl (C=O) groups is 2. The highest BCUT2D eigenvalue weighted by molar-refractivity contribution is 5.74. The van der Waals surface area contributed by atoms with Gasteiger partial charge in [-0.2, -0.15) is 0 Å². The molecule has 1 saturated heterocycles. The summed E-state index contributed by atoms with van der Waals surface area (Å²) in [5.74, 6) is -0.273. The van der Waals surface area contributed by atoms with Gasteiger partial charge in [0.05, 0.1) is 0 Å². The van der Waals surface area contributed by atoms with Gasteiger partial charge in [0, 0.05) is 39.1 Å². The summed E-state index contributed by atoms with van der Waals surface area (Å²) in [7, 11) is 3.95. The third-order valence-corrected chi connectivity index (χ3v) is 4.01. The van der Waals surface area contributed by atoms with Gasteiger partial charge < -0.3 is 19.8 Å². The number of aliphatic carboxylic acids is 1. The average Bonchev–Trinajstić information content (AvgIpc) is 2.78. The van der Waals surface area contributed by atoms with Crippen LogP contribution in [0.3, 0.4) is 0 Å². The Labute approximate surface area is 127 Å². The van der Waals surface area contributed by atoms with Crippen molar-refractivity contribution in [1.29, 1.82) is 0 Å². The molecule has 0 bridgehead atoms. The minimum Gasteiger partial charge on any atom is -0.481 e. The summed E-state index contributed by atoms with van der Waals surface area (Å²) >= 11 is 0. The zero-order valence-electron chi connectivity index (χ0n) is 13.7. The molecule has 0 aromatic heterocycles. The largest absolute Gasteiger partial charge is 0.481 e. The summed E-state index contributed by atoms with van der Waals surface area (Å²) < 4.78 is 0. The van der Waals surface area contributed by atoms with Gasteiger partial charge in [0.1, 0.15) is 0 Å². The van der Waals surface area contributed by atoms with Crippen molar-refractivity contribution in [3.05, 3.63) is 0 Å². The van der Waals surface area contributed by atoms with Crippen molar-refractivity contribution in [1.82, 2.24) is 14.7 Å². The molecule has 0 radical (unpaired) electrons. The number of nitrogens with zero attached hydrogens (tertiary/aromatic N) is 3. The molecule has 1 N–H and O–H groups in total. The zero-order chi connectivity index (χ0) is 16.0. The first-order chi connectivity index (χ1) is 9.81. The first kappa shape index (κ1) is 17.8. The fraction of sp³-hybridized carbons (Fsp3) is 0.867. The molecule has 1 atom stereocenters. The molecule has 0 spiro atoms. The third kappa shape index (κ3) is 5.91. The van der Waals surface area contributed by atoms with Crippen LogP contribution in [0.2, 0.25) is 0 Å². The van der Waals surface area contributed by atoms with Crippen LogP contribution in [0.4, 0.5) is 4.79 Å². The van der Waals surface area contributed by atoms with Gasteiger partial charge in [0.25, 0.3) is 0 Å². The Morgan fingerprint density at radius 3 is 2.52 bits per heavy atom. The molecule has 6 heteroatoms.